The summed E-state index contributed by atoms with van der Waals surface area (Å²) in [5.41, 5.74) is -0.474. The van der Waals surface area contributed by atoms with Crippen LogP contribution in [0.3, 0.4) is 0 Å². The molecule has 0 atom stereocenters. The van der Waals surface area contributed by atoms with Gasteiger partial charge in [-0.25, -0.2) is 4.79 Å². The summed E-state index contributed by atoms with van der Waals surface area (Å²) in [6.07, 6.45) is 6.46. The first kappa shape index (κ1) is 17.8. The first-order chi connectivity index (χ1) is 11.5. The van der Waals surface area contributed by atoms with Crippen LogP contribution in [-0.2, 0) is 9.59 Å². The lowest BCUT2D eigenvalue weighted by atomic mass is 9.81. The average Bonchev–Trinajstić information content (AvgIpc) is 2.60. The predicted molar refractivity (Wildman–Crippen MR) is 90.2 cm³/mol. The van der Waals surface area contributed by atoms with Crippen molar-refractivity contribution < 1.29 is 24.2 Å². The summed E-state index contributed by atoms with van der Waals surface area (Å²) in [4.78, 5) is 23.8. The van der Waals surface area contributed by atoms with Crippen molar-refractivity contribution in [2.24, 2.45) is 0 Å². The Morgan fingerprint density at radius 2 is 1.88 bits per heavy atom. The van der Waals surface area contributed by atoms with Crippen molar-refractivity contribution in [3.05, 3.63) is 29.8 Å². The summed E-state index contributed by atoms with van der Waals surface area (Å²) >= 11 is 0. The number of ether oxygens (including phenoxy) is 2. The van der Waals surface area contributed by atoms with E-state index < -0.39 is 17.4 Å². The molecule has 1 amide bonds. The Morgan fingerprint density at radius 1 is 1.17 bits per heavy atom. The van der Waals surface area contributed by atoms with Gasteiger partial charge < -0.3 is 19.9 Å². The van der Waals surface area contributed by atoms with Gasteiger partial charge in [0.15, 0.2) is 0 Å². The van der Waals surface area contributed by atoms with Gasteiger partial charge in [-0.15, -0.1) is 0 Å². The van der Waals surface area contributed by atoms with E-state index >= 15 is 0 Å². The van der Waals surface area contributed by atoms with Crippen LogP contribution >= 0.6 is 0 Å². The van der Waals surface area contributed by atoms with Crippen molar-refractivity contribution in [3.63, 3.8) is 0 Å². The minimum atomic E-state index is -1.15. The fourth-order valence-corrected chi connectivity index (χ4v) is 2.96. The highest BCUT2D eigenvalue weighted by atomic mass is 16.5. The number of hydrogen-bond donors (Lipinski definition) is 2. The Balaban J connectivity index is 2.13. The third-order valence-corrected chi connectivity index (χ3v) is 4.33. The molecule has 6 nitrogen and oxygen atoms in total. The number of carbonyl (C=O) groups excluding carboxylic acids is 1. The molecule has 24 heavy (non-hydrogen) atoms. The molecule has 0 bridgehead atoms. The van der Waals surface area contributed by atoms with Crippen molar-refractivity contribution in [3.8, 4) is 11.5 Å². The molecule has 0 spiro atoms. The SMILES string of the molecule is COc1ccc(OC)c(C=CC(=O)NC2(C(=O)O)CCCCC2)c1. The van der Waals surface area contributed by atoms with Crippen LogP contribution in [0.4, 0.5) is 0 Å². The summed E-state index contributed by atoms with van der Waals surface area (Å²) in [6.45, 7) is 0. The minimum Gasteiger partial charge on any atom is -0.497 e. The molecule has 2 rings (SSSR count). The maximum atomic E-state index is 12.2. The van der Waals surface area contributed by atoms with Gasteiger partial charge in [0.25, 0.3) is 0 Å². The van der Waals surface area contributed by atoms with Crippen molar-refractivity contribution >= 4 is 18.0 Å². The first-order valence-corrected chi connectivity index (χ1v) is 7.96. The van der Waals surface area contributed by atoms with Gasteiger partial charge >= 0.3 is 5.97 Å². The summed E-state index contributed by atoms with van der Waals surface area (Å²) in [6, 6.07) is 5.25. The van der Waals surface area contributed by atoms with Crippen LogP contribution in [-0.4, -0.2) is 36.7 Å². The van der Waals surface area contributed by atoms with E-state index in [1.54, 1.807) is 38.5 Å². The molecule has 130 valence electrons. The van der Waals surface area contributed by atoms with Crippen molar-refractivity contribution in [1.29, 1.82) is 0 Å². The van der Waals surface area contributed by atoms with Crippen molar-refractivity contribution in [2.75, 3.05) is 14.2 Å². The molecule has 1 fully saturated rings. The smallest absolute Gasteiger partial charge is 0.329 e. The lowest BCUT2D eigenvalue weighted by Gasteiger charge is -2.33. The number of carbonyl (C=O) groups is 2. The van der Waals surface area contributed by atoms with E-state index in [1.807, 2.05) is 0 Å². The largest absolute Gasteiger partial charge is 0.497 e. The molecule has 1 aromatic rings. The van der Waals surface area contributed by atoms with E-state index in [2.05, 4.69) is 5.32 Å². The molecule has 1 saturated carbocycles. The highest BCUT2D eigenvalue weighted by Crippen LogP contribution is 2.29. The van der Waals surface area contributed by atoms with Crippen molar-refractivity contribution in [1.82, 2.24) is 5.32 Å². The molecule has 2 N–H and O–H groups in total. The zero-order valence-corrected chi connectivity index (χ0v) is 14.0. The quantitative estimate of drug-likeness (QED) is 0.782. The van der Waals surface area contributed by atoms with Gasteiger partial charge in [0.2, 0.25) is 5.91 Å². The highest BCUT2D eigenvalue weighted by Gasteiger charge is 2.40. The normalized spacial score (nSPS) is 16.6. The third-order valence-electron chi connectivity index (χ3n) is 4.33. The molecule has 1 aromatic carbocycles. The molecule has 0 radical (unpaired) electrons. The summed E-state index contributed by atoms with van der Waals surface area (Å²) in [5.74, 6) is -0.150. The maximum absolute atomic E-state index is 12.2. The number of benzene rings is 1. The fraction of sp³-hybridized carbons (Fsp3) is 0.444. The van der Waals surface area contributed by atoms with Crippen LogP contribution in [0.15, 0.2) is 24.3 Å². The number of methoxy groups -OCH3 is 2. The Labute approximate surface area is 141 Å². The second kappa shape index (κ2) is 7.86. The minimum absolute atomic E-state index is 0.427. The topological polar surface area (TPSA) is 84.9 Å². The molecule has 0 unspecified atom stereocenters. The summed E-state index contributed by atoms with van der Waals surface area (Å²) in [5, 5.41) is 12.2. The van der Waals surface area contributed by atoms with Crippen LogP contribution in [0.2, 0.25) is 0 Å². The van der Waals surface area contributed by atoms with Gasteiger partial charge in [-0.3, -0.25) is 4.79 Å². The average molecular weight is 333 g/mol. The standard InChI is InChI=1S/C18H23NO5/c1-23-14-7-8-15(24-2)13(12-14)6-9-16(20)19-18(17(21)22)10-4-3-5-11-18/h6-9,12H,3-5,10-11H2,1-2H3,(H,19,20)(H,21,22). The maximum Gasteiger partial charge on any atom is 0.329 e. The Bertz CT molecular complexity index is 632. The van der Waals surface area contributed by atoms with Gasteiger partial charge in [-0.05, 0) is 37.1 Å². The van der Waals surface area contributed by atoms with Crippen LogP contribution in [0.5, 0.6) is 11.5 Å². The number of rotatable bonds is 6. The second-order valence-corrected chi connectivity index (χ2v) is 5.88. The molecule has 6 heteroatoms. The van der Waals surface area contributed by atoms with Crippen LogP contribution < -0.4 is 14.8 Å². The van der Waals surface area contributed by atoms with E-state index in [0.717, 1.165) is 19.3 Å². The third kappa shape index (κ3) is 4.07. The molecular formula is C18H23NO5. The fourth-order valence-electron chi connectivity index (χ4n) is 2.96. The van der Waals surface area contributed by atoms with Crippen LogP contribution in [0, 0.1) is 0 Å². The lowest BCUT2D eigenvalue weighted by molar-refractivity contribution is -0.148. The monoisotopic (exact) mass is 333 g/mol. The highest BCUT2D eigenvalue weighted by molar-refractivity contribution is 5.96. The number of aliphatic carboxylic acids is 1. The second-order valence-electron chi connectivity index (χ2n) is 5.88. The molecule has 0 aliphatic heterocycles. The molecule has 0 saturated heterocycles. The van der Waals surface area contributed by atoms with Gasteiger partial charge in [-0.1, -0.05) is 19.3 Å². The Kier molecular flexibility index (Phi) is 5.84. The van der Waals surface area contributed by atoms with Gasteiger partial charge in [0.1, 0.15) is 17.0 Å². The van der Waals surface area contributed by atoms with Crippen LogP contribution in [0.1, 0.15) is 37.7 Å². The zero-order chi connectivity index (χ0) is 17.6. The molecule has 0 heterocycles. The van der Waals surface area contributed by atoms with E-state index in [1.165, 1.54) is 6.08 Å². The van der Waals surface area contributed by atoms with E-state index in [9.17, 15) is 14.7 Å². The molecule has 1 aliphatic carbocycles. The van der Waals surface area contributed by atoms with Crippen LogP contribution in [0.25, 0.3) is 6.08 Å². The van der Waals surface area contributed by atoms with E-state index in [4.69, 9.17) is 9.47 Å². The van der Waals surface area contributed by atoms with Gasteiger partial charge in [0, 0.05) is 11.6 Å². The van der Waals surface area contributed by atoms with E-state index in [0.29, 0.717) is 29.9 Å². The number of carboxylic acid groups (broad SMARTS) is 1. The summed E-state index contributed by atoms with van der Waals surface area (Å²) in [7, 11) is 3.10. The summed E-state index contributed by atoms with van der Waals surface area (Å²) < 4.78 is 10.4. The molecule has 0 aromatic heterocycles. The van der Waals surface area contributed by atoms with Gasteiger partial charge in [0.05, 0.1) is 14.2 Å². The predicted octanol–water partition coefficient (Wildman–Crippen LogP) is 2.62. The first-order valence-electron chi connectivity index (χ1n) is 7.96. The molecule has 1 aliphatic rings. The number of carboxylic acids is 1. The number of amides is 1. The number of hydrogen-bond acceptors (Lipinski definition) is 4. The lowest BCUT2D eigenvalue weighted by Crippen LogP contribution is -2.55. The Morgan fingerprint density at radius 3 is 2.46 bits per heavy atom. The van der Waals surface area contributed by atoms with Gasteiger partial charge in [-0.2, -0.15) is 0 Å². The molecular weight excluding hydrogens is 310 g/mol. The Hall–Kier alpha value is -2.50. The number of nitrogens with one attached hydrogen (secondary N) is 1. The van der Waals surface area contributed by atoms with E-state index in [-0.39, 0.29) is 0 Å². The van der Waals surface area contributed by atoms with Crippen molar-refractivity contribution in [2.45, 2.75) is 37.6 Å². The zero-order valence-electron chi connectivity index (χ0n) is 14.0.